The maximum Gasteiger partial charge on any atom is 0.326 e. The maximum absolute atomic E-state index is 12.7. The van der Waals surface area contributed by atoms with Crippen molar-refractivity contribution in [1.82, 2.24) is 14.5 Å². The average molecular weight is 365 g/mol. The standard InChI is InChI=1S/C18H24N4O2.ClH/c1-18(19,12-6-7-12)16(23)21-10-8-13(9-11-21)22-15-5-3-2-4-14(15)20-17(22)24;/h2-5,12-13H,6-11,19H2,1H3,(H,20,24);1H. The second-order valence-electron chi connectivity index (χ2n) is 7.40. The predicted octanol–water partition coefficient (Wildman–Crippen LogP) is 2.04. The van der Waals surface area contributed by atoms with Gasteiger partial charge in [-0.3, -0.25) is 9.36 Å². The molecule has 3 N–H and O–H groups in total. The van der Waals surface area contributed by atoms with Gasteiger partial charge in [0, 0.05) is 19.1 Å². The Balaban J connectivity index is 0.00000182. The number of nitrogens with two attached hydrogens (primary N) is 1. The summed E-state index contributed by atoms with van der Waals surface area (Å²) in [5.41, 5.74) is 7.28. The molecule has 6 nitrogen and oxygen atoms in total. The summed E-state index contributed by atoms with van der Waals surface area (Å²) < 4.78 is 1.85. The van der Waals surface area contributed by atoms with Gasteiger partial charge in [-0.15, -0.1) is 12.4 Å². The number of H-pyrrole nitrogens is 1. The summed E-state index contributed by atoms with van der Waals surface area (Å²) in [7, 11) is 0. The molecule has 1 saturated heterocycles. The fourth-order valence-corrected chi connectivity index (χ4v) is 3.96. The molecule has 2 fully saturated rings. The van der Waals surface area contributed by atoms with E-state index in [9.17, 15) is 9.59 Å². The normalized spacial score (nSPS) is 21.0. The molecule has 1 unspecified atom stereocenters. The van der Waals surface area contributed by atoms with Crippen molar-refractivity contribution >= 4 is 29.3 Å². The molecule has 1 aliphatic heterocycles. The van der Waals surface area contributed by atoms with Gasteiger partial charge in [0.05, 0.1) is 16.6 Å². The predicted molar refractivity (Wildman–Crippen MR) is 100.0 cm³/mol. The van der Waals surface area contributed by atoms with Crippen LogP contribution in [0.5, 0.6) is 0 Å². The molecule has 2 heterocycles. The molecule has 1 saturated carbocycles. The number of piperidine rings is 1. The maximum atomic E-state index is 12.7. The van der Waals surface area contributed by atoms with Crippen molar-refractivity contribution < 1.29 is 4.79 Å². The molecular weight excluding hydrogens is 340 g/mol. The van der Waals surface area contributed by atoms with Crippen molar-refractivity contribution in [3.63, 3.8) is 0 Å². The van der Waals surface area contributed by atoms with E-state index in [2.05, 4.69) is 4.98 Å². The number of likely N-dealkylation sites (tertiary alicyclic amines) is 1. The van der Waals surface area contributed by atoms with Gasteiger partial charge in [-0.25, -0.2) is 4.79 Å². The zero-order valence-electron chi connectivity index (χ0n) is 14.4. The number of amides is 1. The van der Waals surface area contributed by atoms with Crippen LogP contribution in [0.2, 0.25) is 0 Å². The van der Waals surface area contributed by atoms with Crippen LogP contribution in [0.1, 0.15) is 38.6 Å². The van der Waals surface area contributed by atoms with E-state index in [1.807, 2.05) is 40.7 Å². The first-order valence-electron chi connectivity index (χ1n) is 8.76. The number of nitrogens with one attached hydrogen (secondary N) is 1. The Kier molecular flexibility index (Phi) is 4.68. The molecule has 1 aromatic carbocycles. The molecule has 7 heteroatoms. The Morgan fingerprint density at radius 3 is 2.48 bits per heavy atom. The number of aromatic amines is 1. The lowest BCUT2D eigenvalue weighted by atomic mass is 9.93. The third kappa shape index (κ3) is 3.09. The molecule has 0 spiro atoms. The Morgan fingerprint density at radius 1 is 1.20 bits per heavy atom. The van der Waals surface area contributed by atoms with Gasteiger partial charge in [0.15, 0.2) is 0 Å². The van der Waals surface area contributed by atoms with Crippen LogP contribution >= 0.6 is 12.4 Å². The highest BCUT2D eigenvalue weighted by Gasteiger charge is 2.46. The number of aromatic nitrogens is 2. The van der Waals surface area contributed by atoms with E-state index in [1.54, 1.807) is 0 Å². The number of fused-ring (bicyclic) bond motifs is 1. The van der Waals surface area contributed by atoms with E-state index in [-0.39, 0.29) is 30.0 Å². The van der Waals surface area contributed by atoms with E-state index in [4.69, 9.17) is 5.73 Å². The van der Waals surface area contributed by atoms with E-state index >= 15 is 0 Å². The van der Waals surface area contributed by atoms with Gasteiger partial charge in [-0.2, -0.15) is 0 Å². The van der Waals surface area contributed by atoms with Gasteiger partial charge in [0.1, 0.15) is 0 Å². The first-order valence-corrected chi connectivity index (χ1v) is 8.76. The molecule has 1 atom stereocenters. The minimum Gasteiger partial charge on any atom is -0.341 e. The number of hydrogen-bond donors (Lipinski definition) is 2. The molecular formula is C18H25ClN4O2. The summed E-state index contributed by atoms with van der Waals surface area (Å²) in [6.45, 7) is 3.19. The number of benzene rings is 1. The Morgan fingerprint density at radius 2 is 1.84 bits per heavy atom. The summed E-state index contributed by atoms with van der Waals surface area (Å²) in [6, 6.07) is 7.88. The first kappa shape index (κ1) is 18.0. The van der Waals surface area contributed by atoms with Gasteiger partial charge in [-0.1, -0.05) is 12.1 Å². The third-order valence-corrected chi connectivity index (χ3v) is 5.63. The fraction of sp³-hybridized carbons (Fsp3) is 0.556. The second kappa shape index (κ2) is 6.50. The average Bonchev–Trinajstić information content (AvgIpc) is 3.38. The number of para-hydroxylation sites is 2. The topological polar surface area (TPSA) is 84.1 Å². The zero-order valence-corrected chi connectivity index (χ0v) is 15.2. The van der Waals surface area contributed by atoms with Crippen LogP contribution in [0.4, 0.5) is 0 Å². The first-order chi connectivity index (χ1) is 11.5. The minimum atomic E-state index is -0.732. The van der Waals surface area contributed by atoms with Crippen LogP contribution < -0.4 is 11.4 Å². The number of nitrogens with zero attached hydrogens (tertiary/aromatic N) is 2. The Bertz CT molecular complexity index is 829. The lowest BCUT2D eigenvalue weighted by molar-refractivity contribution is -0.138. The van der Waals surface area contributed by atoms with Crippen molar-refractivity contribution in [3.05, 3.63) is 34.7 Å². The summed E-state index contributed by atoms with van der Waals surface area (Å²) >= 11 is 0. The van der Waals surface area contributed by atoms with Gasteiger partial charge < -0.3 is 15.6 Å². The third-order valence-electron chi connectivity index (χ3n) is 5.63. The van der Waals surface area contributed by atoms with E-state index in [0.717, 1.165) is 36.7 Å². The lowest BCUT2D eigenvalue weighted by Crippen LogP contribution is -2.56. The second-order valence-corrected chi connectivity index (χ2v) is 7.40. The van der Waals surface area contributed by atoms with Crippen LogP contribution in [-0.4, -0.2) is 39.0 Å². The Hall–Kier alpha value is -1.79. The molecule has 136 valence electrons. The summed E-state index contributed by atoms with van der Waals surface area (Å²) in [6.07, 6.45) is 3.68. The van der Waals surface area contributed by atoms with Crippen molar-refractivity contribution in [2.75, 3.05) is 13.1 Å². The number of imidazole rings is 1. The molecule has 1 amide bonds. The van der Waals surface area contributed by atoms with Crippen molar-refractivity contribution in [2.45, 2.75) is 44.2 Å². The summed E-state index contributed by atoms with van der Waals surface area (Å²) in [5, 5.41) is 0. The summed E-state index contributed by atoms with van der Waals surface area (Å²) in [5.74, 6) is 0.397. The van der Waals surface area contributed by atoms with Crippen molar-refractivity contribution in [3.8, 4) is 0 Å². The molecule has 25 heavy (non-hydrogen) atoms. The highest BCUT2D eigenvalue weighted by atomic mass is 35.5. The Labute approximate surface area is 152 Å². The fourth-order valence-electron chi connectivity index (χ4n) is 3.96. The number of halogens is 1. The number of carbonyl (C=O) groups is 1. The number of carbonyl (C=O) groups excluding carboxylic acids is 1. The molecule has 0 bridgehead atoms. The van der Waals surface area contributed by atoms with Crippen LogP contribution in [0, 0.1) is 5.92 Å². The minimum absolute atomic E-state index is 0. The summed E-state index contributed by atoms with van der Waals surface area (Å²) in [4.78, 5) is 29.8. The highest BCUT2D eigenvalue weighted by molar-refractivity contribution is 5.86. The molecule has 1 aromatic heterocycles. The van der Waals surface area contributed by atoms with Crippen LogP contribution in [0.3, 0.4) is 0 Å². The van der Waals surface area contributed by atoms with Crippen molar-refractivity contribution in [1.29, 1.82) is 0 Å². The van der Waals surface area contributed by atoms with Crippen LogP contribution in [-0.2, 0) is 4.79 Å². The highest BCUT2D eigenvalue weighted by Crippen LogP contribution is 2.39. The van der Waals surface area contributed by atoms with Gasteiger partial charge in [0.25, 0.3) is 0 Å². The molecule has 2 aromatic rings. The number of hydrogen-bond acceptors (Lipinski definition) is 3. The van der Waals surface area contributed by atoms with Gasteiger partial charge >= 0.3 is 5.69 Å². The van der Waals surface area contributed by atoms with E-state index in [0.29, 0.717) is 19.0 Å². The number of rotatable bonds is 3. The molecule has 4 rings (SSSR count). The largest absolute Gasteiger partial charge is 0.341 e. The van der Waals surface area contributed by atoms with Gasteiger partial charge in [0.2, 0.25) is 5.91 Å². The molecule has 1 aliphatic carbocycles. The van der Waals surface area contributed by atoms with Crippen LogP contribution in [0.15, 0.2) is 29.1 Å². The van der Waals surface area contributed by atoms with E-state index in [1.165, 1.54) is 0 Å². The monoisotopic (exact) mass is 364 g/mol. The molecule has 0 radical (unpaired) electrons. The van der Waals surface area contributed by atoms with Crippen LogP contribution in [0.25, 0.3) is 11.0 Å². The van der Waals surface area contributed by atoms with Crippen molar-refractivity contribution in [2.24, 2.45) is 11.7 Å². The van der Waals surface area contributed by atoms with Gasteiger partial charge in [-0.05, 0) is 50.7 Å². The van der Waals surface area contributed by atoms with E-state index < -0.39 is 5.54 Å². The lowest BCUT2D eigenvalue weighted by Gasteiger charge is -2.37. The molecule has 2 aliphatic rings. The zero-order chi connectivity index (χ0) is 16.9. The SMILES string of the molecule is CC(N)(C(=O)N1CCC(n2c(=O)[nH]c3ccccc32)CC1)C1CC1.Cl. The smallest absolute Gasteiger partial charge is 0.326 e. The quantitative estimate of drug-likeness (QED) is 0.874.